The molecule has 1 saturated heterocycles. The van der Waals surface area contributed by atoms with Gasteiger partial charge in [0.2, 0.25) is 11.1 Å². The molecular weight excluding hydrogens is 438 g/mol. The smallest absolute Gasteiger partial charge is 0.233 e. The minimum Gasteiger partial charge on any atom is -0.490 e. The number of benzene rings is 2. The van der Waals surface area contributed by atoms with Crippen LogP contribution in [0.25, 0.3) is 5.69 Å². The van der Waals surface area contributed by atoms with Gasteiger partial charge in [-0.3, -0.25) is 4.79 Å². The van der Waals surface area contributed by atoms with E-state index in [9.17, 15) is 4.79 Å². The molecule has 0 saturated carbocycles. The fourth-order valence-electron chi connectivity index (χ4n) is 4.56. The Morgan fingerprint density at radius 3 is 2.70 bits per heavy atom. The first-order valence-corrected chi connectivity index (χ1v) is 12.3. The number of amides is 1. The molecule has 1 aromatic heterocycles. The van der Waals surface area contributed by atoms with E-state index >= 15 is 0 Å². The van der Waals surface area contributed by atoms with Gasteiger partial charge < -0.3 is 14.4 Å². The number of fused-ring (bicyclic) bond motifs is 1. The molecule has 3 heterocycles. The summed E-state index contributed by atoms with van der Waals surface area (Å²) in [6.07, 6.45) is 2.79. The van der Waals surface area contributed by atoms with Crippen molar-refractivity contribution in [2.24, 2.45) is 0 Å². The summed E-state index contributed by atoms with van der Waals surface area (Å²) in [4.78, 5) is 15.2. The number of likely N-dealkylation sites (tertiary alicyclic amines) is 1. The summed E-state index contributed by atoms with van der Waals surface area (Å²) in [6.45, 7) is 6.14. The normalized spacial score (nSPS) is 17.8. The number of carbonyl (C=O) groups excluding carboxylic acids is 1. The molecule has 3 aromatic rings. The Morgan fingerprint density at radius 1 is 1.09 bits per heavy atom. The second-order valence-corrected chi connectivity index (χ2v) is 9.35. The number of hydrogen-bond acceptors (Lipinski definition) is 7. The molecule has 0 spiro atoms. The van der Waals surface area contributed by atoms with Crippen LogP contribution in [0.1, 0.15) is 42.0 Å². The Hall–Kier alpha value is -3.07. The van der Waals surface area contributed by atoms with Crippen LogP contribution in [0.5, 0.6) is 11.5 Å². The zero-order valence-corrected chi connectivity index (χ0v) is 19.7. The van der Waals surface area contributed by atoms with Crippen molar-refractivity contribution >= 4 is 17.7 Å². The highest BCUT2D eigenvalue weighted by Gasteiger charge is 2.31. The number of aromatic nitrogens is 4. The van der Waals surface area contributed by atoms with Crippen LogP contribution < -0.4 is 9.47 Å². The second kappa shape index (κ2) is 9.43. The standard InChI is InChI=1S/C24H27N5O3S/c1-16-6-3-7-17(2)23(16)29-24(25-26-27-29)33-15-22(30)28-11-4-8-19(28)18-9-10-20-21(14-18)32-13-5-12-31-20/h3,6-7,9-10,14,19H,4-5,8,11-13,15H2,1-2H3. The molecule has 0 N–H and O–H groups in total. The van der Waals surface area contributed by atoms with Gasteiger partial charge in [0, 0.05) is 13.0 Å². The highest BCUT2D eigenvalue weighted by atomic mass is 32.2. The molecule has 2 aliphatic heterocycles. The third-order valence-electron chi connectivity index (χ3n) is 6.15. The van der Waals surface area contributed by atoms with E-state index < -0.39 is 0 Å². The molecule has 1 atom stereocenters. The molecule has 5 rings (SSSR count). The lowest BCUT2D eigenvalue weighted by molar-refractivity contribution is -0.129. The summed E-state index contributed by atoms with van der Waals surface area (Å²) < 4.78 is 13.3. The van der Waals surface area contributed by atoms with E-state index in [1.165, 1.54) is 11.8 Å². The van der Waals surface area contributed by atoms with Gasteiger partial charge in [0.15, 0.2) is 11.5 Å². The first-order chi connectivity index (χ1) is 16.1. The number of carbonyl (C=O) groups is 1. The highest BCUT2D eigenvalue weighted by Crippen LogP contribution is 2.38. The van der Waals surface area contributed by atoms with Crippen molar-refractivity contribution < 1.29 is 14.3 Å². The van der Waals surface area contributed by atoms with Crippen LogP contribution in [0.2, 0.25) is 0 Å². The number of aryl methyl sites for hydroxylation is 2. The van der Waals surface area contributed by atoms with Gasteiger partial charge in [0.1, 0.15) is 0 Å². The van der Waals surface area contributed by atoms with E-state index in [0.717, 1.165) is 59.7 Å². The zero-order valence-electron chi connectivity index (χ0n) is 18.9. The van der Waals surface area contributed by atoms with Crippen LogP contribution in [0.15, 0.2) is 41.6 Å². The number of rotatable bonds is 5. The Labute approximate surface area is 197 Å². The van der Waals surface area contributed by atoms with E-state index in [0.29, 0.717) is 18.4 Å². The van der Waals surface area contributed by atoms with Gasteiger partial charge >= 0.3 is 0 Å². The summed E-state index contributed by atoms with van der Waals surface area (Å²) in [5.41, 5.74) is 4.23. The molecule has 8 nitrogen and oxygen atoms in total. The van der Waals surface area contributed by atoms with Gasteiger partial charge in [-0.1, -0.05) is 36.0 Å². The molecule has 33 heavy (non-hydrogen) atoms. The van der Waals surface area contributed by atoms with Crippen LogP contribution in [-0.2, 0) is 4.79 Å². The Bertz CT molecular complexity index is 1140. The van der Waals surface area contributed by atoms with Gasteiger partial charge in [0.25, 0.3) is 0 Å². The number of nitrogens with zero attached hydrogens (tertiary/aromatic N) is 5. The second-order valence-electron chi connectivity index (χ2n) is 8.40. The highest BCUT2D eigenvalue weighted by molar-refractivity contribution is 7.99. The summed E-state index contributed by atoms with van der Waals surface area (Å²) >= 11 is 1.37. The number of hydrogen-bond donors (Lipinski definition) is 0. The average molecular weight is 466 g/mol. The molecule has 2 aromatic carbocycles. The number of para-hydroxylation sites is 1. The van der Waals surface area contributed by atoms with Gasteiger partial charge in [-0.05, 0) is 65.9 Å². The number of thioether (sulfide) groups is 1. The lowest BCUT2D eigenvalue weighted by Crippen LogP contribution is -2.32. The van der Waals surface area contributed by atoms with E-state index in [2.05, 4.69) is 21.6 Å². The summed E-state index contributed by atoms with van der Waals surface area (Å²) in [7, 11) is 0. The van der Waals surface area contributed by atoms with Crippen LogP contribution >= 0.6 is 11.8 Å². The first-order valence-electron chi connectivity index (χ1n) is 11.3. The van der Waals surface area contributed by atoms with Gasteiger partial charge in [0.05, 0.1) is 30.7 Å². The molecule has 2 aliphatic rings. The minimum absolute atomic E-state index is 0.0462. The fraction of sp³-hybridized carbons (Fsp3) is 0.417. The molecular formula is C24H27N5O3S. The van der Waals surface area contributed by atoms with Gasteiger partial charge in [-0.15, -0.1) is 5.10 Å². The predicted molar refractivity (Wildman–Crippen MR) is 125 cm³/mol. The third kappa shape index (κ3) is 4.42. The van der Waals surface area contributed by atoms with Gasteiger partial charge in [-0.25, -0.2) is 0 Å². The van der Waals surface area contributed by atoms with E-state index in [4.69, 9.17) is 9.47 Å². The van der Waals surface area contributed by atoms with Crippen LogP contribution in [0, 0.1) is 13.8 Å². The lowest BCUT2D eigenvalue weighted by Gasteiger charge is -2.25. The van der Waals surface area contributed by atoms with E-state index in [-0.39, 0.29) is 17.7 Å². The Kier molecular flexibility index (Phi) is 6.22. The lowest BCUT2D eigenvalue weighted by atomic mass is 10.0. The monoisotopic (exact) mass is 465 g/mol. The SMILES string of the molecule is Cc1cccc(C)c1-n1nnnc1SCC(=O)N1CCCC1c1ccc2c(c1)OCCCO2. The van der Waals surface area contributed by atoms with Crippen molar-refractivity contribution in [3.8, 4) is 17.2 Å². The molecule has 0 radical (unpaired) electrons. The van der Waals surface area contributed by atoms with Crippen molar-refractivity contribution in [1.29, 1.82) is 0 Å². The van der Waals surface area contributed by atoms with Crippen LogP contribution in [0.4, 0.5) is 0 Å². The Morgan fingerprint density at radius 2 is 1.88 bits per heavy atom. The molecule has 172 valence electrons. The molecule has 1 unspecified atom stereocenters. The number of ether oxygens (including phenoxy) is 2. The first kappa shape index (κ1) is 21.8. The molecule has 0 bridgehead atoms. The molecule has 0 aliphatic carbocycles. The number of tetrazole rings is 1. The largest absolute Gasteiger partial charge is 0.490 e. The van der Waals surface area contributed by atoms with Crippen molar-refractivity contribution in [2.45, 2.75) is 44.3 Å². The van der Waals surface area contributed by atoms with Crippen molar-refractivity contribution in [2.75, 3.05) is 25.5 Å². The van der Waals surface area contributed by atoms with Crippen LogP contribution in [0.3, 0.4) is 0 Å². The Balaban J connectivity index is 1.30. The zero-order chi connectivity index (χ0) is 22.8. The van der Waals surface area contributed by atoms with Crippen molar-refractivity contribution in [1.82, 2.24) is 25.1 Å². The maximum atomic E-state index is 13.2. The fourth-order valence-corrected chi connectivity index (χ4v) is 5.32. The third-order valence-corrected chi connectivity index (χ3v) is 7.05. The van der Waals surface area contributed by atoms with Gasteiger partial charge in [-0.2, -0.15) is 4.68 Å². The van der Waals surface area contributed by atoms with Crippen molar-refractivity contribution in [3.05, 3.63) is 53.1 Å². The van der Waals surface area contributed by atoms with Crippen molar-refractivity contribution in [3.63, 3.8) is 0 Å². The topological polar surface area (TPSA) is 82.4 Å². The minimum atomic E-state index is 0.0462. The van der Waals surface area contributed by atoms with E-state index in [1.807, 2.05) is 49.1 Å². The summed E-state index contributed by atoms with van der Waals surface area (Å²) in [6, 6.07) is 12.2. The summed E-state index contributed by atoms with van der Waals surface area (Å²) in [5, 5.41) is 12.8. The predicted octanol–water partition coefficient (Wildman–Crippen LogP) is 3.90. The molecule has 1 fully saturated rings. The summed E-state index contributed by atoms with van der Waals surface area (Å²) in [5.74, 6) is 1.92. The average Bonchev–Trinajstić information content (AvgIpc) is 3.42. The van der Waals surface area contributed by atoms with Crippen LogP contribution in [-0.4, -0.2) is 56.5 Å². The van der Waals surface area contributed by atoms with E-state index in [1.54, 1.807) is 4.68 Å². The molecule has 1 amide bonds. The molecule has 9 heteroatoms. The maximum absolute atomic E-state index is 13.2. The quantitative estimate of drug-likeness (QED) is 0.529. The maximum Gasteiger partial charge on any atom is 0.233 e.